The van der Waals surface area contributed by atoms with Gasteiger partial charge in [0.1, 0.15) is 5.60 Å². The van der Waals surface area contributed by atoms with E-state index in [9.17, 15) is 18.0 Å². The Labute approximate surface area is 137 Å². The van der Waals surface area contributed by atoms with Gasteiger partial charge in [-0.3, -0.25) is 4.79 Å². The number of sulfonamides is 1. The molecule has 3 N–H and O–H groups in total. The van der Waals surface area contributed by atoms with Crippen LogP contribution in [-0.4, -0.2) is 55.8 Å². The van der Waals surface area contributed by atoms with E-state index < -0.39 is 20.9 Å². The summed E-state index contributed by atoms with van der Waals surface area (Å²) in [5, 5.41) is 6.79. The molecule has 8 nitrogen and oxygen atoms in total. The zero-order valence-corrected chi connectivity index (χ0v) is 15.0. The van der Waals surface area contributed by atoms with Gasteiger partial charge in [0.25, 0.3) is 0 Å². The van der Waals surface area contributed by atoms with Crippen molar-refractivity contribution in [3.8, 4) is 0 Å². The summed E-state index contributed by atoms with van der Waals surface area (Å²) >= 11 is 0. The van der Waals surface area contributed by atoms with Crippen LogP contribution in [0.5, 0.6) is 0 Å². The Kier molecular flexibility index (Phi) is 6.41. The van der Waals surface area contributed by atoms with Crippen LogP contribution in [0, 0.1) is 5.92 Å². The van der Waals surface area contributed by atoms with E-state index in [1.54, 1.807) is 25.7 Å². The first-order chi connectivity index (χ1) is 10.4. The number of rotatable bonds is 4. The fraction of sp³-hybridized carbons (Fsp3) is 0.857. The molecule has 1 atom stereocenters. The molecule has 0 aromatic heterocycles. The van der Waals surface area contributed by atoms with Gasteiger partial charge in [-0.15, -0.1) is 0 Å². The third-order valence-electron chi connectivity index (χ3n) is 3.64. The fourth-order valence-corrected chi connectivity index (χ4v) is 2.47. The van der Waals surface area contributed by atoms with Crippen molar-refractivity contribution in [1.82, 2.24) is 10.2 Å². The highest BCUT2D eigenvalue weighted by atomic mass is 32.2. The summed E-state index contributed by atoms with van der Waals surface area (Å²) in [7, 11) is -3.65. The predicted octanol–water partition coefficient (Wildman–Crippen LogP) is 0.427. The molecule has 0 bridgehead atoms. The van der Waals surface area contributed by atoms with Crippen LogP contribution in [-0.2, 0) is 19.6 Å². The first kappa shape index (κ1) is 19.7. The van der Waals surface area contributed by atoms with Gasteiger partial charge in [-0.1, -0.05) is 0 Å². The normalized spacial score (nSPS) is 18.4. The van der Waals surface area contributed by atoms with Gasteiger partial charge in [0, 0.05) is 25.6 Å². The summed E-state index contributed by atoms with van der Waals surface area (Å²) in [5.74, 6) is -0.439. The number of nitrogens with one attached hydrogen (secondary N) is 1. The largest absolute Gasteiger partial charge is 0.444 e. The van der Waals surface area contributed by atoms with Crippen LogP contribution in [0.3, 0.4) is 0 Å². The van der Waals surface area contributed by atoms with E-state index in [0.717, 1.165) is 0 Å². The van der Waals surface area contributed by atoms with Crippen LogP contribution in [0.25, 0.3) is 0 Å². The molecule has 0 aromatic carbocycles. The van der Waals surface area contributed by atoms with Crippen molar-refractivity contribution in [2.75, 3.05) is 19.6 Å². The third kappa shape index (κ3) is 6.74. The summed E-state index contributed by atoms with van der Waals surface area (Å²) in [6.45, 7) is 7.73. The fourth-order valence-electron chi connectivity index (χ4n) is 2.16. The van der Waals surface area contributed by atoms with Gasteiger partial charge in [0.05, 0.1) is 5.25 Å². The van der Waals surface area contributed by atoms with Gasteiger partial charge in [-0.25, -0.2) is 18.4 Å². The maximum Gasteiger partial charge on any atom is 0.410 e. The third-order valence-corrected chi connectivity index (χ3v) is 4.93. The summed E-state index contributed by atoms with van der Waals surface area (Å²) < 4.78 is 27.5. The molecule has 1 fully saturated rings. The lowest BCUT2D eigenvalue weighted by Gasteiger charge is -2.33. The molecule has 1 aliphatic heterocycles. The standard InChI is InChI=1S/C14H27N3O5S/c1-10(23(15,20)21)9-16-12(18)11-5-7-17(8-6-11)13(19)22-14(2,3)4/h10-11H,5-9H2,1-4H3,(H,16,18)(H2,15,20,21). The molecule has 1 saturated heterocycles. The summed E-state index contributed by atoms with van der Waals surface area (Å²) in [4.78, 5) is 25.6. The lowest BCUT2D eigenvalue weighted by Crippen LogP contribution is -2.46. The first-order valence-electron chi connectivity index (χ1n) is 7.67. The maximum absolute atomic E-state index is 12.1. The van der Waals surface area contributed by atoms with Crippen molar-refractivity contribution in [2.24, 2.45) is 11.1 Å². The highest BCUT2D eigenvalue weighted by molar-refractivity contribution is 7.89. The van der Waals surface area contributed by atoms with Crippen LogP contribution in [0.15, 0.2) is 0 Å². The Bertz CT molecular complexity index is 533. The average molecular weight is 349 g/mol. The Hall–Kier alpha value is -1.35. The van der Waals surface area contributed by atoms with Crippen molar-refractivity contribution >= 4 is 22.0 Å². The van der Waals surface area contributed by atoms with Crippen molar-refractivity contribution in [3.05, 3.63) is 0 Å². The van der Waals surface area contributed by atoms with Crippen molar-refractivity contribution < 1.29 is 22.7 Å². The molecule has 2 amide bonds. The predicted molar refractivity (Wildman–Crippen MR) is 86.1 cm³/mol. The van der Waals surface area contributed by atoms with Crippen LogP contribution in [0.2, 0.25) is 0 Å². The number of amides is 2. The number of nitrogens with zero attached hydrogens (tertiary/aromatic N) is 1. The van der Waals surface area contributed by atoms with Crippen LogP contribution in [0.1, 0.15) is 40.5 Å². The van der Waals surface area contributed by atoms with Gasteiger partial charge >= 0.3 is 6.09 Å². The van der Waals surface area contributed by atoms with E-state index in [-0.39, 0.29) is 24.5 Å². The number of piperidine rings is 1. The number of ether oxygens (including phenoxy) is 1. The Morgan fingerprint density at radius 3 is 2.26 bits per heavy atom. The van der Waals surface area contributed by atoms with Crippen LogP contribution in [0.4, 0.5) is 4.79 Å². The zero-order valence-electron chi connectivity index (χ0n) is 14.2. The lowest BCUT2D eigenvalue weighted by molar-refractivity contribution is -0.126. The van der Waals surface area contributed by atoms with Crippen molar-refractivity contribution in [2.45, 2.75) is 51.4 Å². The second-order valence-corrected chi connectivity index (χ2v) is 8.87. The highest BCUT2D eigenvalue weighted by Crippen LogP contribution is 2.19. The molecule has 134 valence electrons. The Balaban J connectivity index is 2.41. The number of carbonyl (C=O) groups is 2. The number of primary sulfonamides is 1. The Morgan fingerprint density at radius 2 is 1.83 bits per heavy atom. The molecule has 1 rings (SSSR count). The van der Waals surface area contributed by atoms with Gasteiger partial charge < -0.3 is 15.0 Å². The summed E-state index contributed by atoms with van der Waals surface area (Å²) in [5.41, 5.74) is -0.546. The molecule has 0 aromatic rings. The SMILES string of the molecule is CC(CNC(=O)C1CCN(C(=O)OC(C)(C)C)CC1)S(N)(=O)=O. The number of hydrogen-bond acceptors (Lipinski definition) is 5. The molecule has 1 unspecified atom stereocenters. The molecule has 0 aliphatic carbocycles. The minimum atomic E-state index is -3.65. The second kappa shape index (κ2) is 7.48. The smallest absolute Gasteiger partial charge is 0.410 e. The zero-order chi connectivity index (χ0) is 17.8. The molecule has 0 saturated carbocycles. The molecule has 9 heteroatoms. The topological polar surface area (TPSA) is 119 Å². The van der Waals surface area contributed by atoms with E-state index in [4.69, 9.17) is 9.88 Å². The van der Waals surface area contributed by atoms with E-state index in [0.29, 0.717) is 25.9 Å². The van der Waals surface area contributed by atoms with Crippen molar-refractivity contribution in [3.63, 3.8) is 0 Å². The van der Waals surface area contributed by atoms with Gasteiger partial charge in [0.2, 0.25) is 15.9 Å². The highest BCUT2D eigenvalue weighted by Gasteiger charge is 2.30. The minimum absolute atomic E-state index is 0.00997. The van der Waals surface area contributed by atoms with Crippen LogP contribution >= 0.6 is 0 Å². The maximum atomic E-state index is 12.1. The number of carbonyl (C=O) groups excluding carboxylic acids is 2. The number of hydrogen-bond donors (Lipinski definition) is 2. The first-order valence-corrected chi connectivity index (χ1v) is 9.28. The molecule has 0 spiro atoms. The number of likely N-dealkylation sites (tertiary alicyclic amines) is 1. The molecule has 23 heavy (non-hydrogen) atoms. The average Bonchev–Trinajstić information content (AvgIpc) is 2.41. The molecular weight excluding hydrogens is 322 g/mol. The summed E-state index contributed by atoms with van der Waals surface area (Å²) in [6.07, 6.45) is 0.670. The summed E-state index contributed by atoms with van der Waals surface area (Å²) in [6, 6.07) is 0. The van der Waals surface area contributed by atoms with Crippen LogP contribution < -0.4 is 10.5 Å². The van der Waals surface area contributed by atoms with Gasteiger partial charge in [-0.05, 0) is 40.5 Å². The van der Waals surface area contributed by atoms with Gasteiger partial charge in [-0.2, -0.15) is 0 Å². The second-order valence-electron chi connectivity index (χ2n) is 6.89. The number of nitrogens with two attached hydrogens (primary N) is 1. The van der Waals surface area contributed by atoms with E-state index in [1.807, 2.05) is 0 Å². The quantitative estimate of drug-likeness (QED) is 0.763. The monoisotopic (exact) mass is 349 g/mol. The Morgan fingerprint density at radius 1 is 1.30 bits per heavy atom. The van der Waals surface area contributed by atoms with Crippen molar-refractivity contribution in [1.29, 1.82) is 0 Å². The molecule has 0 radical (unpaired) electrons. The van der Waals surface area contributed by atoms with E-state index in [2.05, 4.69) is 5.32 Å². The van der Waals surface area contributed by atoms with Gasteiger partial charge in [0.15, 0.2) is 0 Å². The van der Waals surface area contributed by atoms with E-state index >= 15 is 0 Å². The minimum Gasteiger partial charge on any atom is -0.444 e. The molecule has 1 heterocycles. The van der Waals surface area contributed by atoms with E-state index in [1.165, 1.54) is 6.92 Å². The molecular formula is C14H27N3O5S. The lowest BCUT2D eigenvalue weighted by atomic mass is 9.96. The molecule has 1 aliphatic rings.